The van der Waals surface area contributed by atoms with Crippen molar-refractivity contribution in [2.24, 2.45) is 5.92 Å². The standard InChI is InChI=1S/C13H13BrClF2N3/c1-7(2)6-20-12(5-14)18-19-13(20)8-3-11(17)9(15)4-10(8)16/h3-4,7H,5-6H2,1-2H3. The lowest BCUT2D eigenvalue weighted by atomic mass is 10.1. The number of benzene rings is 1. The third kappa shape index (κ3) is 3.01. The minimum absolute atomic E-state index is 0.0623. The fraction of sp³-hybridized carbons (Fsp3) is 0.385. The first-order valence-corrected chi connectivity index (χ1v) is 7.57. The van der Waals surface area contributed by atoms with Crippen LogP contribution in [0, 0.1) is 17.6 Å². The minimum Gasteiger partial charge on any atom is -0.310 e. The molecule has 0 aliphatic carbocycles. The van der Waals surface area contributed by atoms with E-state index in [1.165, 1.54) is 0 Å². The summed E-state index contributed by atoms with van der Waals surface area (Å²) in [5, 5.41) is 8.22. The smallest absolute Gasteiger partial charge is 0.167 e. The Morgan fingerprint density at radius 3 is 2.55 bits per heavy atom. The van der Waals surface area contributed by atoms with Crippen LogP contribution >= 0.6 is 27.5 Å². The zero-order chi connectivity index (χ0) is 14.9. The van der Waals surface area contributed by atoms with Gasteiger partial charge in [0.2, 0.25) is 0 Å². The molecule has 0 N–H and O–H groups in total. The number of rotatable bonds is 4. The maximum atomic E-state index is 14.0. The van der Waals surface area contributed by atoms with Crippen molar-refractivity contribution in [2.45, 2.75) is 25.7 Å². The van der Waals surface area contributed by atoms with Gasteiger partial charge in [-0.05, 0) is 18.1 Å². The summed E-state index contributed by atoms with van der Waals surface area (Å²) in [4.78, 5) is 0. The molecule has 0 saturated heterocycles. The SMILES string of the molecule is CC(C)Cn1c(CBr)nnc1-c1cc(F)c(Cl)cc1F. The third-order valence-corrected chi connectivity index (χ3v) is 3.54. The number of halogens is 4. The summed E-state index contributed by atoms with van der Waals surface area (Å²) in [6, 6.07) is 2.00. The van der Waals surface area contributed by atoms with Crippen LogP contribution in [0.1, 0.15) is 19.7 Å². The molecule has 0 amide bonds. The first-order valence-electron chi connectivity index (χ1n) is 6.07. The van der Waals surface area contributed by atoms with E-state index < -0.39 is 11.6 Å². The van der Waals surface area contributed by atoms with Crippen LogP contribution < -0.4 is 0 Å². The van der Waals surface area contributed by atoms with E-state index in [1.54, 1.807) is 4.57 Å². The lowest BCUT2D eigenvalue weighted by Crippen LogP contribution is -2.10. The second kappa shape index (κ2) is 6.18. The van der Waals surface area contributed by atoms with Gasteiger partial charge in [-0.1, -0.05) is 41.4 Å². The normalized spacial score (nSPS) is 11.3. The highest BCUT2D eigenvalue weighted by Crippen LogP contribution is 2.28. The molecule has 2 rings (SSSR count). The van der Waals surface area contributed by atoms with Crippen molar-refractivity contribution in [3.63, 3.8) is 0 Å². The summed E-state index contributed by atoms with van der Waals surface area (Å²) >= 11 is 8.88. The van der Waals surface area contributed by atoms with Crippen LogP contribution in [0.25, 0.3) is 11.4 Å². The minimum atomic E-state index is -0.678. The molecule has 0 unspecified atom stereocenters. The number of nitrogens with zero attached hydrogens (tertiary/aromatic N) is 3. The molecule has 0 fully saturated rings. The van der Waals surface area contributed by atoms with Crippen molar-refractivity contribution in [3.8, 4) is 11.4 Å². The molecule has 20 heavy (non-hydrogen) atoms. The van der Waals surface area contributed by atoms with E-state index >= 15 is 0 Å². The average molecular weight is 365 g/mol. The van der Waals surface area contributed by atoms with Gasteiger partial charge >= 0.3 is 0 Å². The van der Waals surface area contributed by atoms with Crippen LogP contribution in [0.3, 0.4) is 0 Å². The molecule has 1 aromatic heterocycles. The van der Waals surface area contributed by atoms with Gasteiger partial charge in [-0.2, -0.15) is 0 Å². The molecule has 108 valence electrons. The number of aromatic nitrogens is 3. The Morgan fingerprint density at radius 2 is 1.95 bits per heavy atom. The van der Waals surface area contributed by atoms with Gasteiger partial charge in [0.25, 0.3) is 0 Å². The summed E-state index contributed by atoms with van der Waals surface area (Å²) in [6.45, 7) is 4.67. The highest BCUT2D eigenvalue weighted by molar-refractivity contribution is 9.08. The Morgan fingerprint density at radius 1 is 1.25 bits per heavy atom. The highest BCUT2D eigenvalue weighted by atomic mass is 79.9. The molecule has 0 aliphatic rings. The number of hydrogen-bond donors (Lipinski definition) is 0. The van der Waals surface area contributed by atoms with E-state index in [2.05, 4.69) is 26.1 Å². The fourth-order valence-corrected chi connectivity index (χ4v) is 2.45. The lowest BCUT2D eigenvalue weighted by Gasteiger charge is -2.12. The maximum Gasteiger partial charge on any atom is 0.167 e. The van der Waals surface area contributed by atoms with Gasteiger partial charge in [0.05, 0.1) is 15.9 Å². The lowest BCUT2D eigenvalue weighted by molar-refractivity contribution is 0.514. The van der Waals surface area contributed by atoms with Crippen LogP contribution in [-0.4, -0.2) is 14.8 Å². The molecule has 1 heterocycles. The predicted molar refractivity (Wildman–Crippen MR) is 77.9 cm³/mol. The average Bonchev–Trinajstić information content (AvgIpc) is 2.76. The molecular formula is C13H13BrClF2N3. The molecule has 0 spiro atoms. The van der Waals surface area contributed by atoms with E-state index in [9.17, 15) is 8.78 Å². The molecule has 2 aromatic rings. The highest BCUT2D eigenvalue weighted by Gasteiger charge is 2.19. The van der Waals surface area contributed by atoms with Crippen LogP contribution in [0.15, 0.2) is 12.1 Å². The van der Waals surface area contributed by atoms with Crippen molar-refractivity contribution >= 4 is 27.5 Å². The second-order valence-electron chi connectivity index (χ2n) is 4.82. The summed E-state index contributed by atoms with van der Waals surface area (Å²) in [5.74, 6) is 0.00455. The van der Waals surface area contributed by atoms with Gasteiger partial charge in [0, 0.05) is 6.54 Å². The van der Waals surface area contributed by atoms with Gasteiger partial charge < -0.3 is 4.57 Å². The molecule has 0 atom stereocenters. The fourth-order valence-electron chi connectivity index (χ4n) is 1.88. The monoisotopic (exact) mass is 363 g/mol. The van der Waals surface area contributed by atoms with Gasteiger partial charge in [0.15, 0.2) is 5.82 Å². The topological polar surface area (TPSA) is 30.7 Å². The van der Waals surface area contributed by atoms with Gasteiger partial charge in [-0.25, -0.2) is 8.78 Å². The van der Waals surface area contributed by atoms with Crippen LogP contribution in [-0.2, 0) is 11.9 Å². The molecule has 0 saturated carbocycles. The van der Waals surface area contributed by atoms with E-state index in [4.69, 9.17) is 11.6 Å². The van der Waals surface area contributed by atoms with Crippen molar-refractivity contribution < 1.29 is 8.78 Å². The van der Waals surface area contributed by atoms with Crippen LogP contribution in [0.5, 0.6) is 0 Å². The molecule has 1 aromatic carbocycles. The zero-order valence-corrected chi connectivity index (χ0v) is 13.3. The van der Waals surface area contributed by atoms with E-state index in [1.807, 2.05) is 13.8 Å². The second-order valence-corrected chi connectivity index (χ2v) is 5.79. The van der Waals surface area contributed by atoms with Crippen molar-refractivity contribution in [1.29, 1.82) is 0 Å². The molecule has 0 aliphatic heterocycles. The first-order chi connectivity index (χ1) is 9.43. The summed E-state index contributed by atoms with van der Waals surface area (Å²) < 4.78 is 29.3. The van der Waals surface area contributed by atoms with Gasteiger partial charge in [0.1, 0.15) is 17.5 Å². The summed E-state index contributed by atoms with van der Waals surface area (Å²) in [7, 11) is 0. The third-order valence-electron chi connectivity index (χ3n) is 2.75. The molecule has 7 heteroatoms. The Labute approximate surface area is 129 Å². The maximum absolute atomic E-state index is 14.0. The van der Waals surface area contributed by atoms with E-state index in [-0.39, 0.29) is 10.6 Å². The van der Waals surface area contributed by atoms with Gasteiger partial charge in [-0.3, -0.25) is 0 Å². The number of alkyl halides is 1. The Hall–Kier alpha value is -1.01. The van der Waals surface area contributed by atoms with Crippen molar-refractivity contribution in [2.75, 3.05) is 0 Å². The van der Waals surface area contributed by atoms with Crippen molar-refractivity contribution in [3.05, 3.63) is 34.6 Å². The zero-order valence-electron chi connectivity index (χ0n) is 11.0. The Bertz CT molecular complexity index is 628. The quantitative estimate of drug-likeness (QED) is 0.593. The summed E-state index contributed by atoms with van der Waals surface area (Å²) in [5.41, 5.74) is 0.0623. The molecule has 0 bridgehead atoms. The predicted octanol–water partition coefficient (Wildman–Crippen LogP) is 4.43. The van der Waals surface area contributed by atoms with Gasteiger partial charge in [-0.15, -0.1) is 10.2 Å². The molecular weight excluding hydrogens is 352 g/mol. The molecule has 0 radical (unpaired) electrons. The summed E-state index contributed by atoms with van der Waals surface area (Å²) in [6.07, 6.45) is 0. The van der Waals surface area contributed by atoms with E-state index in [0.29, 0.717) is 29.4 Å². The Kier molecular flexibility index (Phi) is 4.75. The largest absolute Gasteiger partial charge is 0.310 e. The Balaban J connectivity index is 2.58. The van der Waals surface area contributed by atoms with Crippen LogP contribution in [0.4, 0.5) is 8.78 Å². The molecule has 3 nitrogen and oxygen atoms in total. The van der Waals surface area contributed by atoms with Crippen LogP contribution in [0.2, 0.25) is 5.02 Å². The number of hydrogen-bond acceptors (Lipinski definition) is 2. The first kappa shape index (κ1) is 15.4. The van der Waals surface area contributed by atoms with E-state index in [0.717, 1.165) is 12.1 Å². The van der Waals surface area contributed by atoms with Crippen molar-refractivity contribution in [1.82, 2.24) is 14.8 Å².